The van der Waals surface area contributed by atoms with E-state index in [2.05, 4.69) is 57.5 Å². The van der Waals surface area contributed by atoms with Crippen molar-refractivity contribution in [2.24, 2.45) is 5.92 Å². The number of phenolic OH excluding ortho intramolecular Hbond substituents is 1. The average molecular weight is 1100 g/mol. The molecule has 5 aliphatic rings. The number of hydrogen-bond acceptors (Lipinski definition) is 18. The summed E-state index contributed by atoms with van der Waals surface area (Å²) in [5, 5.41) is 36.3. The summed E-state index contributed by atoms with van der Waals surface area (Å²) in [6.07, 6.45) is 3.60. The average Bonchev–Trinajstić information content (AvgIpc) is 4.24. The van der Waals surface area contributed by atoms with Crippen LogP contribution in [0.2, 0.25) is 0 Å². The number of fused-ring (bicyclic) bond motifs is 2. The fourth-order valence-electron chi connectivity index (χ4n) is 12.0. The molecule has 5 N–H and O–H groups in total. The molecule has 4 saturated heterocycles. The number of pyridine rings is 1. The van der Waals surface area contributed by atoms with Gasteiger partial charge in [-0.25, -0.2) is 18.7 Å². The maximum Gasteiger partial charge on any atom is 0.262 e. The Hall–Kier alpha value is -7.01. The van der Waals surface area contributed by atoms with Crippen molar-refractivity contribution in [3.63, 3.8) is 0 Å². The SMILES string of the molecule is Cc1ncsc1-c1ccc([C@@H](NC(=O)[C@@H]2C[C@@H](O)CN2C(=O)[C@H](c2cc(OCCN3CCC(OC4CC(Oc5cc(N6C7CCC6CN(c6cc(-c8ccccc8O)nnc6N)C7)ccn5)C4)CC3)no2)C(C)C)C(F)F)cc1. The highest BCUT2D eigenvalue weighted by Gasteiger charge is 2.45. The third-order valence-electron chi connectivity index (χ3n) is 16.2. The Balaban J connectivity index is 0.608. The molecule has 0 radical (unpaired) electrons. The lowest BCUT2D eigenvalue weighted by molar-refractivity contribution is -0.141. The number of carbonyl (C=O) groups excluding carboxylic acids is 2. The van der Waals surface area contributed by atoms with E-state index < -0.39 is 42.3 Å². The van der Waals surface area contributed by atoms with E-state index in [1.165, 1.54) is 16.2 Å². The number of carbonyl (C=O) groups is 2. The molecule has 4 aliphatic heterocycles. The van der Waals surface area contributed by atoms with Gasteiger partial charge in [0.2, 0.25) is 17.7 Å². The van der Waals surface area contributed by atoms with Gasteiger partial charge < -0.3 is 54.7 Å². The molecular formula is C57H67F2N11O8S. The van der Waals surface area contributed by atoms with Crippen molar-refractivity contribution < 1.29 is 47.3 Å². The number of alkyl halides is 2. The van der Waals surface area contributed by atoms with Crippen LogP contribution in [0.1, 0.15) is 87.8 Å². The normalized spacial score (nSPS) is 23.3. The van der Waals surface area contributed by atoms with Gasteiger partial charge in [0.05, 0.1) is 45.8 Å². The van der Waals surface area contributed by atoms with Crippen molar-refractivity contribution >= 4 is 40.3 Å². The molecule has 2 bridgehead atoms. The molecule has 2 unspecified atom stereocenters. The number of aliphatic hydroxyl groups is 1. The number of piperidine rings is 1. The van der Waals surface area contributed by atoms with Crippen molar-refractivity contribution in [1.82, 2.24) is 40.4 Å². The number of nitrogens with two attached hydrogens (primary N) is 1. The lowest BCUT2D eigenvalue weighted by Crippen LogP contribution is -2.54. The number of thiazole rings is 1. The molecule has 1 saturated carbocycles. The van der Waals surface area contributed by atoms with Crippen LogP contribution >= 0.6 is 11.3 Å². The van der Waals surface area contributed by atoms with Crippen LogP contribution < -0.4 is 30.3 Å². The number of likely N-dealkylation sites (tertiary alicyclic amines) is 2. The van der Waals surface area contributed by atoms with Crippen molar-refractivity contribution in [2.75, 3.05) is 61.4 Å². The summed E-state index contributed by atoms with van der Waals surface area (Å²) in [5.74, 6) is -0.830. The van der Waals surface area contributed by atoms with Gasteiger partial charge in [-0.2, -0.15) is 0 Å². The molecule has 1 aliphatic carbocycles. The van der Waals surface area contributed by atoms with Gasteiger partial charge in [0.25, 0.3) is 12.3 Å². The number of ether oxygens (including phenoxy) is 3. The van der Waals surface area contributed by atoms with E-state index in [0.29, 0.717) is 36.1 Å². The number of aryl methyl sites for hydroxylation is 1. The Bertz CT molecular complexity index is 3070. The molecule has 8 heterocycles. The summed E-state index contributed by atoms with van der Waals surface area (Å²) in [6, 6.07) is 19.0. The first-order valence-corrected chi connectivity index (χ1v) is 28.2. The van der Waals surface area contributed by atoms with E-state index in [0.717, 1.165) is 92.2 Å². The van der Waals surface area contributed by atoms with Crippen LogP contribution in [0, 0.1) is 12.8 Å². The number of phenols is 1. The summed E-state index contributed by atoms with van der Waals surface area (Å²) in [5.41, 5.74) is 13.1. The first-order valence-electron chi connectivity index (χ1n) is 27.3. The predicted octanol–water partition coefficient (Wildman–Crippen LogP) is 7.40. The second kappa shape index (κ2) is 23.4. The van der Waals surface area contributed by atoms with Crippen molar-refractivity contribution in [3.8, 4) is 39.2 Å². The second-order valence-electron chi connectivity index (χ2n) is 21.8. The molecule has 2 amide bonds. The zero-order valence-electron chi connectivity index (χ0n) is 44.4. The fourth-order valence-corrected chi connectivity index (χ4v) is 12.8. The number of rotatable bonds is 19. The number of halogens is 2. The van der Waals surface area contributed by atoms with Gasteiger partial charge in [0.1, 0.15) is 36.5 Å². The van der Waals surface area contributed by atoms with Crippen LogP contribution in [0.25, 0.3) is 21.7 Å². The molecule has 19 nitrogen and oxygen atoms in total. The number of β-amino-alcohol motifs (C(OH)–C–C–N with tert-alkyl or cyclic N) is 1. The monoisotopic (exact) mass is 1100 g/mol. The van der Waals surface area contributed by atoms with Crippen LogP contribution in [-0.2, 0) is 14.3 Å². The summed E-state index contributed by atoms with van der Waals surface area (Å²) >= 11 is 1.45. The molecule has 2 aromatic carbocycles. The largest absolute Gasteiger partial charge is 0.507 e. The minimum atomic E-state index is -2.93. The number of aromatic nitrogens is 5. The molecule has 5 fully saturated rings. The third-order valence-corrected chi connectivity index (χ3v) is 17.2. The van der Waals surface area contributed by atoms with E-state index in [-0.39, 0.29) is 72.2 Å². The third kappa shape index (κ3) is 11.8. The van der Waals surface area contributed by atoms with Gasteiger partial charge in [0.15, 0.2) is 11.6 Å². The minimum Gasteiger partial charge on any atom is -0.507 e. The number of nitrogens with one attached hydrogen (secondary N) is 1. The minimum absolute atomic E-state index is 0.0320. The highest BCUT2D eigenvalue weighted by atomic mass is 32.1. The number of aliphatic hydroxyl groups excluding tert-OH is 1. The highest BCUT2D eigenvalue weighted by molar-refractivity contribution is 7.13. The van der Waals surface area contributed by atoms with Crippen LogP contribution in [0.15, 0.2) is 89.0 Å². The summed E-state index contributed by atoms with van der Waals surface area (Å²) in [6.45, 7) is 9.66. The van der Waals surface area contributed by atoms with Gasteiger partial charge in [-0.05, 0) is 79.1 Å². The summed E-state index contributed by atoms with van der Waals surface area (Å²) < 4.78 is 53.6. The van der Waals surface area contributed by atoms with Gasteiger partial charge in [-0.15, -0.1) is 21.5 Å². The number of piperazine rings is 1. The number of para-hydroxylation sites is 1. The fraction of sp³-hybridized carbons (Fsp3) is 0.491. The van der Waals surface area contributed by atoms with Gasteiger partial charge in [-0.3, -0.25) is 14.5 Å². The Labute approximate surface area is 461 Å². The number of nitrogen functional groups attached to an aromatic ring is 1. The van der Waals surface area contributed by atoms with Crippen LogP contribution in [0.4, 0.5) is 26.0 Å². The molecule has 79 heavy (non-hydrogen) atoms. The Morgan fingerprint density at radius 2 is 1.66 bits per heavy atom. The van der Waals surface area contributed by atoms with Crippen LogP contribution in [0.5, 0.6) is 17.5 Å². The maximum atomic E-state index is 14.5. The molecule has 6 atom stereocenters. The number of hydrogen-bond donors (Lipinski definition) is 4. The molecule has 0 spiro atoms. The number of aromatic hydroxyl groups is 1. The molecular weight excluding hydrogens is 1040 g/mol. The molecule has 4 aromatic heterocycles. The highest BCUT2D eigenvalue weighted by Crippen LogP contribution is 2.41. The molecule has 418 valence electrons. The molecule has 22 heteroatoms. The quantitative estimate of drug-likeness (QED) is 0.0619. The smallest absolute Gasteiger partial charge is 0.262 e. The lowest BCUT2D eigenvalue weighted by Gasteiger charge is -2.43. The Morgan fingerprint density at radius 1 is 0.899 bits per heavy atom. The number of benzene rings is 2. The standard InChI is InChI=1S/C57H67F2N11O8S/c1-32(2)51(57(74)69-30-39(71)23-46(69)56(73)63-52(54(58)59)34-8-10-35(11-9-34)53-33(3)62-31-79-53)48-27-50(66-78-48)75-21-20-67-18-15-40(16-19-67)76-41-24-42(25-41)77-49-22-36(14-17-61-49)70-37-12-13-38(70)29-68(28-37)45-26-44(64-65-55(45)60)43-6-4-5-7-47(43)72/h4-11,14,17,22,26-27,31-32,37-42,46,51-52,54,71-72H,12-13,15-16,18-21,23-25,28-30H2,1-3H3,(H2,60,65)(H,63,73)/t37?,38?,39-,41?,42?,46+,51+,52-/m1/s1. The number of nitrogens with zero attached hydrogens (tertiary/aromatic N) is 9. The zero-order valence-corrected chi connectivity index (χ0v) is 45.3. The predicted molar refractivity (Wildman–Crippen MR) is 292 cm³/mol. The van der Waals surface area contributed by atoms with Crippen molar-refractivity contribution in [2.45, 2.75) is 127 Å². The second-order valence-corrected chi connectivity index (χ2v) is 22.7. The summed E-state index contributed by atoms with van der Waals surface area (Å²) in [4.78, 5) is 46.1. The first kappa shape index (κ1) is 54.0. The lowest BCUT2D eigenvalue weighted by atomic mass is 9.91. The number of amides is 2. The maximum absolute atomic E-state index is 14.5. The molecule has 6 aromatic rings. The Morgan fingerprint density at radius 3 is 2.37 bits per heavy atom. The van der Waals surface area contributed by atoms with Crippen molar-refractivity contribution in [3.05, 3.63) is 102 Å². The van der Waals surface area contributed by atoms with Gasteiger partial charge >= 0.3 is 0 Å². The summed E-state index contributed by atoms with van der Waals surface area (Å²) in [7, 11) is 0. The van der Waals surface area contributed by atoms with E-state index >= 15 is 0 Å². The van der Waals surface area contributed by atoms with Gasteiger partial charge in [0, 0.05) is 100 Å². The number of anilines is 3. The Kier molecular flexibility index (Phi) is 16.0. The van der Waals surface area contributed by atoms with E-state index in [4.69, 9.17) is 24.5 Å². The zero-order chi connectivity index (χ0) is 54.9. The molecule has 11 rings (SSSR count). The van der Waals surface area contributed by atoms with Gasteiger partial charge in [-0.1, -0.05) is 50.2 Å². The van der Waals surface area contributed by atoms with E-state index in [1.807, 2.05) is 45.2 Å². The van der Waals surface area contributed by atoms with E-state index in [9.17, 15) is 28.6 Å². The van der Waals surface area contributed by atoms with Crippen LogP contribution in [0.3, 0.4) is 0 Å². The first-order chi connectivity index (χ1) is 38.2. The van der Waals surface area contributed by atoms with E-state index in [1.54, 1.807) is 48.0 Å². The van der Waals surface area contributed by atoms with Crippen LogP contribution in [-0.4, -0.2) is 152 Å². The van der Waals surface area contributed by atoms with Crippen molar-refractivity contribution in [1.29, 1.82) is 0 Å². The topological polar surface area (TPSA) is 231 Å².